The Hall–Kier alpha value is -2.79. The number of anilines is 1. The van der Waals surface area contributed by atoms with Crippen molar-refractivity contribution in [2.24, 2.45) is 0 Å². The van der Waals surface area contributed by atoms with Gasteiger partial charge in [-0.1, -0.05) is 53.9 Å². The standard InChI is InChI=1S/C29H32BrCl2N3O5S/c1-5-26(29(37)33-6-2)34(17-20-9-13-24(31)25(32)15-20)28(36)18-35(21-10-7-19(3)8-11-21)41(38,39)22-12-14-27(40-4)23(30)16-22/h7-16,26H,5-6,17-18H2,1-4H3,(H,33,37)/t26-/m0/s1. The zero-order valence-electron chi connectivity index (χ0n) is 23.2. The van der Waals surface area contributed by atoms with E-state index in [1.165, 1.54) is 30.2 Å². The van der Waals surface area contributed by atoms with Crippen molar-refractivity contribution in [3.8, 4) is 5.75 Å². The van der Waals surface area contributed by atoms with Crippen LogP contribution >= 0.6 is 39.1 Å². The van der Waals surface area contributed by atoms with Crippen molar-refractivity contribution >= 4 is 66.7 Å². The zero-order valence-corrected chi connectivity index (χ0v) is 27.1. The Morgan fingerprint density at radius 3 is 2.24 bits per heavy atom. The van der Waals surface area contributed by atoms with Crippen molar-refractivity contribution in [3.05, 3.63) is 86.3 Å². The zero-order chi connectivity index (χ0) is 30.3. The van der Waals surface area contributed by atoms with Crippen LogP contribution in [0.2, 0.25) is 10.0 Å². The van der Waals surface area contributed by atoms with Crippen molar-refractivity contribution < 1.29 is 22.7 Å². The summed E-state index contributed by atoms with van der Waals surface area (Å²) in [5.41, 5.74) is 1.86. The number of benzene rings is 3. The van der Waals surface area contributed by atoms with Crippen LogP contribution in [-0.4, -0.2) is 51.4 Å². The van der Waals surface area contributed by atoms with Gasteiger partial charge in [-0.25, -0.2) is 8.42 Å². The molecule has 0 heterocycles. The number of carbonyl (C=O) groups is 2. The number of rotatable bonds is 12. The Morgan fingerprint density at radius 1 is 1.00 bits per heavy atom. The van der Waals surface area contributed by atoms with Crippen molar-refractivity contribution in [1.29, 1.82) is 0 Å². The van der Waals surface area contributed by atoms with Crippen LogP contribution in [0.5, 0.6) is 5.75 Å². The van der Waals surface area contributed by atoms with Gasteiger partial charge in [-0.2, -0.15) is 0 Å². The van der Waals surface area contributed by atoms with Gasteiger partial charge in [-0.3, -0.25) is 13.9 Å². The first-order valence-corrected chi connectivity index (χ1v) is 15.9. The van der Waals surface area contributed by atoms with Gasteiger partial charge in [0.25, 0.3) is 10.0 Å². The normalized spacial score (nSPS) is 12.0. The van der Waals surface area contributed by atoms with Crippen LogP contribution in [0.1, 0.15) is 31.4 Å². The van der Waals surface area contributed by atoms with E-state index in [2.05, 4.69) is 21.2 Å². The molecule has 0 bridgehead atoms. The lowest BCUT2D eigenvalue weighted by molar-refractivity contribution is -0.140. The second kappa shape index (κ2) is 14.4. The molecule has 2 amide bonds. The van der Waals surface area contributed by atoms with E-state index in [0.717, 1.165) is 9.87 Å². The minimum absolute atomic E-state index is 0.0151. The molecule has 0 fully saturated rings. The molecular formula is C29H32BrCl2N3O5S. The van der Waals surface area contributed by atoms with Gasteiger partial charge in [0.05, 0.1) is 32.2 Å². The fourth-order valence-electron chi connectivity index (χ4n) is 4.22. The molecule has 41 heavy (non-hydrogen) atoms. The lowest BCUT2D eigenvalue weighted by Gasteiger charge is -2.33. The highest BCUT2D eigenvalue weighted by Crippen LogP contribution is 2.31. The van der Waals surface area contributed by atoms with E-state index >= 15 is 0 Å². The molecule has 3 aromatic carbocycles. The molecule has 1 N–H and O–H groups in total. The number of aryl methyl sites for hydroxylation is 1. The molecule has 1 atom stereocenters. The minimum Gasteiger partial charge on any atom is -0.496 e. The van der Waals surface area contributed by atoms with E-state index in [1.54, 1.807) is 56.3 Å². The molecule has 3 rings (SSSR count). The van der Waals surface area contributed by atoms with Gasteiger partial charge in [-0.05, 0) is 84.2 Å². The molecule has 8 nitrogen and oxygen atoms in total. The Bertz CT molecular complexity index is 1500. The summed E-state index contributed by atoms with van der Waals surface area (Å²) >= 11 is 15.7. The highest BCUT2D eigenvalue weighted by Gasteiger charge is 2.34. The van der Waals surface area contributed by atoms with E-state index in [0.29, 0.717) is 44.5 Å². The van der Waals surface area contributed by atoms with Crippen molar-refractivity contribution in [2.75, 3.05) is 24.5 Å². The van der Waals surface area contributed by atoms with Gasteiger partial charge in [-0.15, -0.1) is 0 Å². The van der Waals surface area contributed by atoms with Gasteiger partial charge in [0.2, 0.25) is 11.8 Å². The van der Waals surface area contributed by atoms with Gasteiger partial charge >= 0.3 is 0 Å². The second-order valence-corrected chi connectivity index (χ2v) is 12.8. The van der Waals surface area contributed by atoms with Crippen molar-refractivity contribution in [2.45, 2.75) is 44.7 Å². The maximum Gasteiger partial charge on any atom is 0.264 e. The average molecular weight is 685 g/mol. The van der Waals surface area contributed by atoms with Crippen molar-refractivity contribution in [3.63, 3.8) is 0 Å². The van der Waals surface area contributed by atoms with E-state index in [4.69, 9.17) is 27.9 Å². The quantitative estimate of drug-likeness (QED) is 0.245. The topological polar surface area (TPSA) is 96.0 Å². The van der Waals surface area contributed by atoms with E-state index in [9.17, 15) is 18.0 Å². The summed E-state index contributed by atoms with van der Waals surface area (Å²) in [6.07, 6.45) is 0.307. The number of carbonyl (C=O) groups excluding carboxylic acids is 2. The first kappa shape index (κ1) is 32.7. The number of halogens is 3. The number of hydrogen-bond donors (Lipinski definition) is 1. The molecule has 3 aromatic rings. The summed E-state index contributed by atoms with van der Waals surface area (Å²) in [4.78, 5) is 28.4. The largest absolute Gasteiger partial charge is 0.496 e. The monoisotopic (exact) mass is 683 g/mol. The first-order chi connectivity index (χ1) is 19.4. The molecular weight excluding hydrogens is 653 g/mol. The van der Waals surface area contributed by atoms with Crippen LogP contribution in [0.3, 0.4) is 0 Å². The number of ether oxygens (including phenoxy) is 1. The van der Waals surface area contributed by atoms with Crippen LogP contribution in [0.15, 0.2) is 70.0 Å². The van der Waals surface area contributed by atoms with E-state index < -0.39 is 28.5 Å². The summed E-state index contributed by atoms with van der Waals surface area (Å²) in [6, 6.07) is 15.3. The molecule has 0 unspecified atom stereocenters. The number of amides is 2. The fourth-order valence-corrected chi connectivity index (χ4v) is 6.67. The van der Waals surface area contributed by atoms with E-state index in [1.807, 2.05) is 6.92 Å². The highest BCUT2D eigenvalue weighted by molar-refractivity contribution is 9.10. The number of likely N-dealkylation sites (N-methyl/N-ethyl adjacent to an activating group) is 1. The molecule has 0 aromatic heterocycles. The maximum absolute atomic E-state index is 14.1. The third-order valence-electron chi connectivity index (χ3n) is 6.39. The third-order valence-corrected chi connectivity index (χ3v) is 9.51. The third kappa shape index (κ3) is 7.94. The minimum atomic E-state index is -4.23. The van der Waals surface area contributed by atoms with Crippen LogP contribution in [0, 0.1) is 6.92 Å². The number of nitrogens with one attached hydrogen (secondary N) is 1. The molecule has 0 saturated heterocycles. The molecule has 220 valence electrons. The molecule has 0 aliphatic rings. The Morgan fingerprint density at radius 2 is 1.68 bits per heavy atom. The fraction of sp³-hybridized carbons (Fsp3) is 0.310. The molecule has 0 spiro atoms. The summed E-state index contributed by atoms with van der Waals surface area (Å²) in [5, 5.41) is 3.43. The van der Waals surface area contributed by atoms with Crippen LogP contribution in [-0.2, 0) is 26.2 Å². The number of nitrogens with zero attached hydrogens (tertiary/aromatic N) is 2. The average Bonchev–Trinajstić information content (AvgIpc) is 2.94. The smallest absolute Gasteiger partial charge is 0.264 e. The van der Waals surface area contributed by atoms with Crippen LogP contribution in [0.4, 0.5) is 5.69 Å². The first-order valence-electron chi connectivity index (χ1n) is 12.9. The van der Waals surface area contributed by atoms with Crippen molar-refractivity contribution in [1.82, 2.24) is 10.2 Å². The number of methoxy groups -OCH3 is 1. The van der Waals surface area contributed by atoms with Crippen LogP contribution < -0.4 is 14.4 Å². The summed E-state index contributed by atoms with van der Waals surface area (Å²) in [6.45, 7) is 5.30. The van der Waals surface area contributed by atoms with Crippen LogP contribution in [0.25, 0.3) is 0 Å². The number of sulfonamides is 1. The van der Waals surface area contributed by atoms with Gasteiger partial charge < -0.3 is 15.0 Å². The van der Waals surface area contributed by atoms with Gasteiger partial charge in [0, 0.05) is 13.1 Å². The van der Waals surface area contributed by atoms with Gasteiger partial charge in [0.1, 0.15) is 18.3 Å². The molecule has 0 aliphatic heterocycles. The summed E-state index contributed by atoms with van der Waals surface area (Å²) < 4.78 is 34.8. The number of hydrogen-bond acceptors (Lipinski definition) is 5. The SMILES string of the molecule is CCNC(=O)[C@H](CC)N(Cc1ccc(Cl)c(Cl)c1)C(=O)CN(c1ccc(C)cc1)S(=O)(=O)c1ccc(OC)c(Br)c1. The predicted octanol–water partition coefficient (Wildman–Crippen LogP) is 6.21. The van der Waals surface area contributed by atoms with Gasteiger partial charge in [0.15, 0.2) is 0 Å². The molecule has 0 aliphatic carbocycles. The predicted molar refractivity (Wildman–Crippen MR) is 166 cm³/mol. The second-order valence-electron chi connectivity index (χ2n) is 9.23. The Kier molecular flexibility index (Phi) is 11.5. The summed E-state index contributed by atoms with van der Waals surface area (Å²) in [5.74, 6) is -0.444. The molecule has 0 radical (unpaired) electrons. The van der Waals surface area contributed by atoms with E-state index in [-0.39, 0.29) is 17.3 Å². The maximum atomic E-state index is 14.1. The Labute approximate surface area is 259 Å². The summed E-state index contributed by atoms with van der Waals surface area (Å²) in [7, 11) is -2.75. The highest BCUT2D eigenvalue weighted by atomic mass is 79.9. The lowest BCUT2D eigenvalue weighted by Crippen LogP contribution is -2.52. The Balaban J connectivity index is 2.09. The lowest BCUT2D eigenvalue weighted by atomic mass is 10.1. The molecule has 12 heteroatoms. The molecule has 0 saturated carbocycles.